The van der Waals surface area contributed by atoms with Crippen LogP contribution in [-0.2, 0) is 13.3 Å². The monoisotopic (exact) mass is 178 g/mol. The van der Waals surface area contributed by atoms with Crippen LogP contribution >= 0.6 is 0 Å². The highest BCUT2D eigenvalue weighted by Gasteiger charge is 2.43. The Kier molecular flexibility index (Phi) is 4.35. The second-order valence-electron chi connectivity index (χ2n) is 1.84. The van der Waals surface area contributed by atoms with E-state index in [9.17, 15) is 5.11 Å². The van der Waals surface area contributed by atoms with Crippen LogP contribution in [0.4, 0.5) is 0 Å². The van der Waals surface area contributed by atoms with E-state index in [0.29, 0.717) is 0 Å². The van der Waals surface area contributed by atoms with Gasteiger partial charge in [0.05, 0.1) is 0 Å². The van der Waals surface area contributed by atoms with Crippen LogP contribution in [0.15, 0.2) is 11.5 Å². The molecule has 11 heavy (non-hydrogen) atoms. The van der Waals surface area contributed by atoms with Crippen LogP contribution in [0, 0.1) is 0 Å². The Morgan fingerprint density at radius 2 is 1.55 bits per heavy atom. The molecule has 0 heterocycles. The second kappa shape index (κ2) is 4.50. The van der Waals surface area contributed by atoms with E-state index in [1.807, 2.05) is 0 Å². The standard InChI is InChI=1S/C6H14O4Si/c1-5-6(7)11(8-2,9-3)10-4/h5,7H,1-4H3/b6-5+. The molecule has 0 aliphatic rings. The van der Waals surface area contributed by atoms with Gasteiger partial charge in [-0.2, -0.15) is 0 Å². The van der Waals surface area contributed by atoms with Crippen LogP contribution in [0.3, 0.4) is 0 Å². The number of hydrogen-bond acceptors (Lipinski definition) is 4. The van der Waals surface area contributed by atoms with E-state index in [1.165, 1.54) is 27.4 Å². The topological polar surface area (TPSA) is 47.9 Å². The van der Waals surface area contributed by atoms with Crippen LogP contribution < -0.4 is 0 Å². The highest BCUT2D eigenvalue weighted by Crippen LogP contribution is 2.14. The predicted octanol–water partition coefficient (Wildman–Crippen LogP) is 0.865. The Morgan fingerprint density at radius 1 is 1.18 bits per heavy atom. The van der Waals surface area contributed by atoms with Crippen LogP contribution in [0.25, 0.3) is 0 Å². The Labute approximate surface area is 67.8 Å². The van der Waals surface area contributed by atoms with Gasteiger partial charge >= 0.3 is 8.80 Å². The summed E-state index contributed by atoms with van der Waals surface area (Å²) < 4.78 is 14.9. The molecule has 1 N–H and O–H groups in total. The first-order chi connectivity index (χ1) is 5.16. The van der Waals surface area contributed by atoms with Crippen LogP contribution in [0.5, 0.6) is 0 Å². The predicted molar refractivity (Wildman–Crippen MR) is 43.2 cm³/mol. The summed E-state index contributed by atoms with van der Waals surface area (Å²) in [6.45, 7) is 1.69. The summed E-state index contributed by atoms with van der Waals surface area (Å²) >= 11 is 0. The lowest BCUT2D eigenvalue weighted by Crippen LogP contribution is -2.45. The molecule has 0 bridgehead atoms. The maximum atomic E-state index is 9.32. The molecule has 0 atom stereocenters. The molecule has 0 aromatic heterocycles. The van der Waals surface area contributed by atoms with E-state index in [2.05, 4.69) is 0 Å². The third-order valence-corrected chi connectivity index (χ3v) is 3.92. The lowest BCUT2D eigenvalue weighted by Gasteiger charge is -2.22. The van der Waals surface area contributed by atoms with Crippen molar-refractivity contribution < 1.29 is 18.4 Å². The number of aliphatic hydroxyl groups is 1. The lowest BCUT2D eigenvalue weighted by molar-refractivity contribution is 0.117. The van der Waals surface area contributed by atoms with Gasteiger partial charge in [0.15, 0.2) is 5.38 Å². The van der Waals surface area contributed by atoms with Gasteiger partial charge in [-0.05, 0) is 13.0 Å². The summed E-state index contributed by atoms with van der Waals surface area (Å²) in [5, 5.41) is 9.35. The Balaban J connectivity index is 4.54. The molecule has 0 radical (unpaired) electrons. The maximum absolute atomic E-state index is 9.32. The zero-order valence-electron chi connectivity index (χ0n) is 7.25. The minimum absolute atomic E-state index is 0.0324. The van der Waals surface area contributed by atoms with Crippen molar-refractivity contribution in [2.75, 3.05) is 21.3 Å². The maximum Gasteiger partial charge on any atom is 0.572 e. The normalized spacial score (nSPS) is 13.6. The molecule has 0 fully saturated rings. The van der Waals surface area contributed by atoms with E-state index in [0.717, 1.165) is 0 Å². The second-order valence-corrected chi connectivity index (χ2v) is 4.69. The molecule has 0 aliphatic carbocycles. The van der Waals surface area contributed by atoms with E-state index in [4.69, 9.17) is 13.3 Å². The summed E-state index contributed by atoms with van der Waals surface area (Å²) in [7, 11) is 1.43. The van der Waals surface area contributed by atoms with Crippen molar-refractivity contribution in [2.24, 2.45) is 0 Å². The summed E-state index contributed by atoms with van der Waals surface area (Å²) in [6, 6.07) is 0. The molecular weight excluding hydrogens is 164 g/mol. The Hall–Kier alpha value is -0.363. The molecular formula is C6H14O4Si. The van der Waals surface area contributed by atoms with Crippen LogP contribution in [0.1, 0.15) is 6.92 Å². The van der Waals surface area contributed by atoms with Crippen LogP contribution in [0.2, 0.25) is 0 Å². The van der Waals surface area contributed by atoms with E-state index in [-0.39, 0.29) is 5.38 Å². The summed E-state index contributed by atoms with van der Waals surface area (Å²) in [5.74, 6) is 0. The third kappa shape index (κ3) is 2.03. The van der Waals surface area contributed by atoms with Gasteiger partial charge in [-0.3, -0.25) is 0 Å². The fraction of sp³-hybridized carbons (Fsp3) is 0.667. The summed E-state index contributed by atoms with van der Waals surface area (Å²) in [4.78, 5) is 0. The van der Waals surface area contributed by atoms with Crippen molar-refractivity contribution >= 4 is 8.80 Å². The van der Waals surface area contributed by atoms with Gasteiger partial charge in [-0.1, -0.05) is 0 Å². The molecule has 0 amide bonds. The zero-order valence-corrected chi connectivity index (χ0v) is 8.25. The molecule has 0 saturated heterocycles. The first kappa shape index (κ1) is 10.6. The van der Waals surface area contributed by atoms with Crippen molar-refractivity contribution in [2.45, 2.75) is 6.92 Å². The number of allylic oxidation sites excluding steroid dienone is 1. The Bertz CT molecular complexity index is 133. The molecule has 0 saturated carbocycles. The van der Waals surface area contributed by atoms with Gasteiger partial charge in [0.2, 0.25) is 0 Å². The number of rotatable bonds is 4. The van der Waals surface area contributed by atoms with Crippen molar-refractivity contribution in [3.8, 4) is 0 Å². The lowest BCUT2D eigenvalue weighted by atomic mass is 10.7. The minimum atomic E-state index is -2.90. The number of hydrogen-bond donors (Lipinski definition) is 1. The molecule has 5 heteroatoms. The van der Waals surface area contributed by atoms with Gasteiger partial charge in [-0.15, -0.1) is 0 Å². The van der Waals surface area contributed by atoms with Gasteiger partial charge in [-0.25, -0.2) is 0 Å². The highest BCUT2D eigenvalue weighted by molar-refractivity contribution is 6.67. The fourth-order valence-corrected chi connectivity index (χ4v) is 2.22. The minimum Gasteiger partial charge on any atom is -0.510 e. The van der Waals surface area contributed by atoms with Crippen molar-refractivity contribution in [3.05, 3.63) is 11.5 Å². The molecule has 0 aromatic carbocycles. The van der Waals surface area contributed by atoms with E-state index in [1.54, 1.807) is 6.92 Å². The quantitative estimate of drug-likeness (QED) is 0.512. The SMILES string of the molecule is C/C=C(\O)[Si](OC)(OC)OC. The first-order valence-corrected chi connectivity index (χ1v) is 4.90. The zero-order chi connectivity index (χ0) is 8.91. The molecule has 66 valence electrons. The van der Waals surface area contributed by atoms with Gasteiger partial charge < -0.3 is 18.4 Å². The Morgan fingerprint density at radius 3 is 1.64 bits per heavy atom. The third-order valence-electron chi connectivity index (χ3n) is 1.39. The smallest absolute Gasteiger partial charge is 0.510 e. The largest absolute Gasteiger partial charge is 0.572 e. The summed E-state index contributed by atoms with van der Waals surface area (Å²) in [5.41, 5.74) is 0. The van der Waals surface area contributed by atoms with E-state index < -0.39 is 8.80 Å². The van der Waals surface area contributed by atoms with Gasteiger partial charge in [0.25, 0.3) is 0 Å². The van der Waals surface area contributed by atoms with Crippen molar-refractivity contribution in [1.29, 1.82) is 0 Å². The average Bonchev–Trinajstić information content (AvgIpc) is 2.08. The molecule has 0 unspecified atom stereocenters. The van der Waals surface area contributed by atoms with Crippen LogP contribution in [-0.4, -0.2) is 35.2 Å². The molecule has 0 aromatic rings. The average molecular weight is 178 g/mol. The first-order valence-electron chi connectivity index (χ1n) is 3.18. The molecule has 4 nitrogen and oxygen atoms in total. The van der Waals surface area contributed by atoms with Crippen molar-refractivity contribution in [1.82, 2.24) is 0 Å². The van der Waals surface area contributed by atoms with Gasteiger partial charge in [0, 0.05) is 21.3 Å². The van der Waals surface area contributed by atoms with E-state index >= 15 is 0 Å². The van der Waals surface area contributed by atoms with Gasteiger partial charge in [0.1, 0.15) is 0 Å². The molecule has 0 aliphatic heterocycles. The molecule has 0 spiro atoms. The van der Waals surface area contributed by atoms with Crippen molar-refractivity contribution in [3.63, 3.8) is 0 Å². The molecule has 0 rings (SSSR count). The number of aliphatic hydroxyl groups excluding tert-OH is 1. The summed E-state index contributed by atoms with van der Waals surface area (Å²) in [6.07, 6.45) is 1.50. The highest BCUT2D eigenvalue weighted by atomic mass is 28.4. The fourth-order valence-electron chi connectivity index (χ4n) is 0.740.